The molecule has 0 atom stereocenters. The van der Waals surface area contributed by atoms with Crippen molar-refractivity contribution in [3.8, 4) is 5.75 Å². The molecule has 1 heterocycles. The largest absolute Gasteiger partial charge is 0.478 e. The number of ether oxygens (including phenoxy) is 1. The number of para-hydroxylation sites is 1. The van der Waals surface area contributed by atoms with Crippen molar-refractivity contribution in [3.05, 3.63) is 75.9 Å². The van der Waals surface area contributed by atoms with Crippen LogP contribution < -0.4 is 9.64 Å². The Hall–Kier alpha value is -3.03. The van der Waals surface area contributed by atoms with Crippen LogP contribution in [0.15, 0.2) is 64.7 Å². The maximum Gasteiger partial charge on any atom is 0.331 e. The topological polar surface area (TPSA) is 79.2 Å². The molecule has 0 aromatic heterocycles. The number of carboxylic acids is 1. The number of nitrogens with zero attached hydrogens (tertiary/aromatic N) is 2. The Kier molecular flexibility index (Phi) is 7.55. The number of thioether (sulfide) groups is 1. The standard InChI is InChI=1S/C23H21ClN2O4S/c1-3-11-25-23-26(18-7-5-4-6-15(18)2)22(29)20(31-23)14-16-8-9-19(17(24)13-16)30-12-10-21(27)28/h4-10,12-14H,3,11H2,1-2H3,(H,27,28)/b12-10+,20-14-,25-23?. The summed E-state index contributed by atoms with van der Waals surface area (Å²) in [5.74, 6) is -0.943. The zero-order valence-corrected chi connectivity index (χ0v) is 18.6. The van der Waals surface area contributed by atoms with E-state index in [4.69, 9.17) is 21.4 Å². The van der Waals surface area contributed by atoms with Crippen molar-refractivity contribution in [2.24, 2.45) is 4.99 Å². The van der Waals surface area contributed by atoms with E-state index in [0.717, 1.165) is 35.6 Å². The Balaban J connectivity index is 1.90. The van der Waals surface area contributed by atoms with E-state index in [2.05, 4.69) is 4.99 Å². The third kappa shape index (κ3) is 5.57. The molecular weight excluding hydrogens is 436 g/mol. The van der Waals surface area contributed by atoms with Gasteiger partial charge in [0.05, 0.1) is 28.0 Å². The Morgan fingerprint density at radius 3 is 2.74 bits per heavy atom. The van der Waals surface area contributed by atoms with Crippen LogP contribution in [0.25, 0.3) is 6.08 Å². The lowest BCUT2D eigenvalue weighted by Gasteiger charge is -2.17. The van der Waals surface area contributed by atoms with Crippen LogP contribution in [-0.2, 0) is 9.59 Å². The van der Waals surface area contributed by atoms with Crippen molar-refractivity contribution in [1.82, 2.24) is 0 Å². The average Bonchev–Trinajstić information content (AvgIpc) is 3.03. The molecule has 1 saturated heterocycles. The molecule has 8 heteroatoms. The summed E-state index contributed by atoms with van der Waals surface area (Å²) < 4.78 is 5.23. The Morgan fingerprint density at radius 1 is 1.29 bits per heavy atom. The van der Waals surface area contributed by atoms with Crippen LogP contribution in [0.4, 0.5) is 5.69 Å². The molecule has 1 aliphatic heterocycles. The van der Waals surface area contributed by atoms with E-state index >= 15 is 0 Å². The number of aliphatic carboxylic acids is 1. The number of halogens is 1. The second-order valence-corrected chi connectivity index (χ2v) is 8.07. The number of hydrogen-bond acceptors (Lipinski definition) is 5. The van der Waals surface area contributed by atoms with Crippen LogP contribution in [-0.4, -0.2) is 28.7 Å². The van der Waals surface area contributed by atoms with Crippen LogP contribution in [0.3, 0.4) is 0 Å². The van der Waals surface area contributed by atoms with Gasteiger partial charge >= 0.3 is 5.97 Å². The normalized spacial score (nSPS) is 16.6. The minimum Gasteiger partial charge on any atom is -0.478 e. The quantitative estimate of drug-likeness (QED) is 0.438. The lowest BCUT2D eigenvalue weighted by Crippen LogP contribution is -2.29. The number of anilines is 1. The first-order chi connectivity index (χ1) is 14.9. The number of aryl methyl sites for hydroxylation is 1. The van der Waals surface area contributed by atoms with Crippen LogP contribution >= 0.6 is 23.4 Å². The number of carboxylic acid groups (broad SMARTS) is 1. The molecule has 1 N–H and O–H groups in total. The van der Waals surface area contributed by atoms with Crippen molar-refractivity contribution in [2.75, 3.05) is 11.4 Å². The van der Waals surface area contributed by atoms with Crippen molar-refractivity contribution < 1.29 is 19.4 Å². The molecule has 0 bridgehead atoms. The highest BCUT2D eigenvalue weighted by atomic mass is 35.5. The molecular formula is C23H21ClN2O4S. The molecule has 0 aliphatic carbocycles. The lowest BCUT2D eigenvalue weighted by molar-refractivity contribution is -0.131. The molecule has 0 spiro atoms. The van der Waals surface area contributed by atoms with E-state index in [0.29, 0.717) is 27.4 Å². The first-order valence-electron chi connectivity index (χ1n) is 9.60. The zero-order chi connectivity index (χ0) is 22.4. The summed E-state index contributed by atoms with van der Waals surface area (Å²) in [6.45, 7) is 4.63. The van der Waals surface area contributed by atoms with Crippen LogP contribution in [0.1, 0.15) is 24.5 Å². The number of carbonyl (C=O) groups is 2. The predicted molar refractivity (Wildman–Crippen MR) is 126 cm³/mol. The molecule has 0 unspecified atom stereocenters. The van der Waals surface area contributed by atoms with Gasteiger partial charge in [-0.1, -0.05) is 42.8 Å². The van der Waals surface area contributed by atoms with E-state index in [9.17, 15) is 9.59 Å². The highest BCUT2D eigenvalue weighted by molar-refractivity contribution is 8.19. The van der Waals surface area contributed by atoms with Gasteiger partial charge in [-0.15, -0.1) is 0 Å². The van der Waals surface area contributed by atoms with Crippen molar-refractivity contribution in [2.45, 2.75) is 20.3 Å². The van der Waals surface area contributed by atoms with Crippen LogP contribution in [0, 0.1) is 6.92 Å². The first-order valence-corrected chi connectivity index (χ1v) is 10.8. The molecule has 0 saturated carbocycles. The van der Waals surface area contributed by atoms with Crippen LogP contribution in [0.2, 0.25) is 5.02 Å². The van der Waals surface area contributed by atoms with E-state index < -0.39 is 5.97 Å². The number of amidine groups is 1. The molecule has 160 valence electrons. The van der Waals surface area contributed by atoms with Gasteiger partial charge in [0.1, 0.15) is 5.75 Å². The van der Waals surface area contributed by atoms with Gasteiger partial charge in [0.25, 0.3) is 5.91 Å². The predicted octanol–water partition coefficient (Wildman–Crippen LogP) is 5.51. The van der Waals surface area contributed by atoms with Gasteiger partial charge in [-0.25, -0.2) is 4.79 Å². The number of carbonyl (C=O) groups excluding carboxylic acids is 1. The molecule has 1 amide bonds. The fraction of sp³-hybridized carbons (Fsp3) is 0.174. The highest BCUT2D eigenvalue weighted by Crippen LogP contribution is 2.38. The second-order valence-electron chi connectivity index (χ2n) is 6.65. The fourth-order valence-corrected chi connectivity index (χ4v) is 4.06. The van der Waals surface area contributed by atoms with Gasteiger partial charge in [-0.05, 0) is 60.5 Å². The third-order valence-corrected chi connectivity index (χ3v) is 5.59. The summed E-state index contributed by atoms with van der Waals surface area (Å²) in [5, 5.41) is 9.58. The van der Waals surface area contributed by atoms with Crippen molar-refractivity contribution >= 4 is 52.2 Å². The van der Waals surface area contributed by atoms with Crippen molar-refractivity contribution in [3.63, 3.8) is 0 Å². The zero-order valence-electron chi connectivity index (χ0n) is 17.0. The summed E-state index contributed by atoms with van der Waals surface area (Å²) in [7, 11) is 0. The van der Waals surface area contributed by atoms with Crippen LogP contribution in [0.5, 0.6) is 5.75 Å². The Bertz CT molecular complexity index is 1090. The maximum atomic E-state index is 13.2. The highest BCUT2D eigenvalue weighted by Gasteiger charge is 2.35. The lowest BCUT2D eigenvalue weighted by atomic mass is 10.1. The van der Waals surface area contributed by atoms with Gasteiger partial charge in [0.2, 0.25) is 0 Å². The summed E-state index contributed by atoms with van der Waals surface area (Å²) in [4.78, 5) is 30.6. The molecule has 6 nitrogen and oxygen atoms in total. The van der Waals surface area contributed by atoms with Gasteiger partial charge < -0.3 is 9.84 Å². The van der Waals surface area contributed by atoms with E-state index in [1.807, 2.05) is 38.1 Å². The average molecular weight is 457 g/mol. The SMILES string of the molecule is CCCN=C1S/C(=C\c2ccc(O/C=C/C(=O)O)c(Cl)c2)C(=O)N1c1ccccc1C. The number of rotatable bonds is 7. The number of benzene rings is 2. The Labute approximate surface area is 189 Å². The van der Waals surface area contributed by atoms with Gasteiger partial charge in [-0.2, -0.15) is 0 Å². The maximum absolute atomic E-state index is 13.2. The van der Waals surface area contributed by atoms with E-state index in [1.54, 1.807) is 29.2 Å². The van der Waals surface area contributed by atoms with Gasteiger partial charge in [0.15, 0.2) is 5.17 Å². The minimum absolute atomic E-state index is 0.144. The molecule has 0 radical (unpaired) electrons. The molecule has 1 fully saturated rings. The summed E-state index contributed by atoms with van der Waals surface area (Å²) >= 11 is 7.58. The van der Waals surface area contributed by atoms with Gasteiger partial charge in [-0.3, -0.25) is 14.7 Å². The van der Waals surface area contributed by atoms with Gasteiger partial charge in [0, 0.05) is 6.54 Å². The summed E-state index contributed by atoms with van der Waals surface area (Å²) in [6, 6.07) is 12.7. The third-order valence-electron chi connectivity index (χ3n) is 4.29. The van der Waals surface area contributed by atoms with Crippen molar-refractivity contribution in [1.29, 1.82) is 0 Å². The summed E-state index contributed by atoms with van der Waals surface area (Å²) in [5.41, 5.74) is 2.52. The van der Waals surface area contributed by atoms with E-state index in [-0.39, 0.29) is 5.91 Å². The summed E-state index contributed by atoms with van der Waals surface area (Å²) in [6.07, 6.45) is 4.56. The fourth-order valence-electron chi connectivity index (χ4n) is 2.83. The molecule has 31 heavy (non-hydrogen) atoms. The Morgan fingerprint density at radius 2 is 2.06 bits per heavy atom. The number of hydrogen-bond donors (Lipinski definition) is 1. The minimum atomic E-state index is -1.12. The molecule has 3 rings (SSSR count). The molecule has 2 aromatic carbocycles. The first kappa shape index (κ1) is 22.7. The monoisotopic (exact) mass is 456 g/mol. The number of aliphatic imine (C=N–C) groups is 1. The van der Waals surface area contributed by atoms with E-state index in [1.165, 1.54) is 11.8 Å². The number of amides is 1. The molecule has 2 aromatic rings. The second kappa shape index (κ2) is 10.3. The smallest absolute Gasteiger partial charge is 0.331 e. The molecule has 1 aliphatic rings.